The van der Waals surface area contributed by atoms with Crippen molar-refractivity contribution in [3.63, 3.8) is 0 Å². The molecule has 0 aliphatic heterocycles. The van der Waals surface area contributed by atoms with Gasteiger partial charge in [0, 0.05) is 55.1 Å². The second kappa shape index (κ2) is 4.68. The Morgan fingerprint density at radius 2 is 1.85 bits per heavy atom. The number of nitrogens with zero attached hydrogens (tertiary/aromatic N) is 2. The summed E-state index contributed by atoms with van der Waals surface area (Å²) >= 11 is 1.88. The predicted molar refractivity (Wildman–Crippen MR) is 110 cm³/mol. The summed E-state index contributed by atoms with van der Waals surface area (Å²) in [6, 6.07) is 15.4. The molecule has 0 bridgehead atoms. The molecule has 0 atom stereocenters. The Balaban J connectivity index is 1.84. The van der Waals surface area contributed by atoms with Gasteiger partial charge in [0.2, 0.25) is 0 Å². The van der Waals surface area contributed by atoms with E-state index in [1.54, 1.807) is 0 Å². The van der Waals surface area contributed by atoms with Crippen molar-refractivity contribution in [2.75, 3.05) is 0 Å². The highest BCUT2D eigenvalue weighted by molar-refractivity contribution is 7.26. The minimum atomic E-state index is -0.0453. The summed E-state index contributed by atoms with van der Waals surface area (Å²) in [5.74, 6) is 0. The third-order valence-corrected chi connectivity index (χ3v) is 6.99. The van der Waals surface area contributed by atoms with Gasteiger partial charge in [-0.05, 0) is 34.7 Å². The van der Waals surface area contributed by atoms with Gasteiger partial charge in [0.25, 0.3) is 0 Å². The van der Waals surface area contributed by atoms with E-state index in [1.165, 1.54) is 47.6 Å². The highest BCUT2D eigenvalue weighted by Gasteiger charge is 2.38. The number of fused-ring (bicyclic) bond motifs is 9. The molecule has 3 heterocycles. The first-order valence-electron chi connectivity index (χ1n) is 8.84. The maximum Gasteiger partial charge on any atom is 0.0746 e. The molecule has 0 unspecified atom stereocenters. The van der Waals surface area contributed by atoms with Gasteiger partial charge in [-0.1, -0.05) is 38.1 Å². The summed E-state index contributed by atoms with van der Waals surface area (Å²) in [6.45, 7) is 4.65. The summed E-state index contributed by atoms with van der Waals surface area (Å²) < 4.78 is 2.68. The van der Waals surface area contributed by atoms with Crippen molar-refractivity contribution in [3.05, 3.63) is 72.2 Å². The van der Waals surface area contributed by atoms with Crippen molar-refractivity contribution in [3.8, 4) is 11.3 Å². The lowest BCUT2D eigenvalue weighted by molar-refractivity contribution is 0.665. The van der Waals surface area contributed by atoms with Gasteiger partial charge in [0.15, 0.2) is 0 Å². The highest BCUT2D eigenvalue weighted by atomic mass is 32.1. The van der Waals surface area contributed by atoms with Gasteiger partial charge in [0.1, 0.15) is 0 Å². The van der Waals surface area contributed by atoms with Crippen LogP contribution in [0, 0.1) is 0 Å². The van der Waals surface area contributed by atoms with Crippen LogP contribution in [0.25, 0.3) is 42.2 Å². The Bertz CT molecular complexity index is 1360. The molecule has 3 heteroatoms. The van der Waals surface area contributed by atoms with Crippen LogP contribution in [-0.4, -0.2) is 9.97 Å². The lowest BCUT2D eigenvalue weighted by Crippen LogP contribution is -2.15. The van der Waals surface area contributed by atoms with Gasteiger partial charge >= 0.3 is 0 Å². The van der Waals surface area contributed by atoms with E-state index in [9.17, 15) is 0 Å². The number of benzene rings is 2. The quantitative estimate of drug-likeness (QED) is 0.327. The van der Waals surface area contributed by atoms with E-state index in [0.29, 0.717) is 0 Å². The van der Waals surface area contributed by atoms with Crippen LogP contribution in [0.2, 0.25) is 0 Å². The first-order valence-corrected chi connectivity index (χ1v) is 9.66. The lowest BCUT2D eigenvalue weighted by Gasteiger charge is -2.22. The standard InChI is InChI=1S/C23H16N2S/c1-23(2)17-4-3-10-25-21(17)15-7-8-18-19(20(15)23)14-6-5-13-9-11-24-12-16(13)22(14)26-18/h3-12H,1-2H3. The van der Waals surface area contributed by atoms with E-state index in [0.717, 1.165) is 5.69 Å². The fourth-order valence-corrected chi connectivity index (χ4v) is 5.82. The maximum absolute atomic E-state index is 4.71. The predicted octanol–water partition coefficient (Wildman–Crippen LogP) is 6.30. The van der Waals surface area contributed by atoms with Crippen molar-refractivity contribution >= 4 is 42.3 Å². The molecule has 2 nitrogen and oxygen atoms in total. The molecule has 0 amide bonds. The first-order chi connectivity index (χ1) is 12.7. The zero-order chi connectivity index (χ0) is 17.5. The molecule has 0 saturated heterocycles. The van der Waals surface area contributed by atoms with Crippen molar-refractivity contribution in [2.24, 2.45) is 0 Å². The average molecular weight is 352 g/mol. The van der Waals surface area contributed by atoms with Crippen LogP contribution < -0.4 is 0 Å². The summed E-state index contributed by atoms with van der Waals surface area (Å²) in [6.07, 6.45) is 5.76. The molecule has 0 spiro atoms. The second-order valence-corrected chi connectivity index (χ2v) is 8.58. The van der Waals surface area contributed by atoms with Crippen LogP contribution in [0.4, 0.5) is 0 Å². The van der Waals surface area contributed by atoms with Crippen molar-refractivity contribution < 1.29 is 0 Å². The fourth-order valence-electron chi connectivity index (χ4n) is 4.59. The minimum Gasteiger partial charge on any atom is -0.264 e. The molecule has 6 rings (SSSR count). The molecule has 2 aromatic carbocycles. The normalized spacial score (nSPS) is 14.8. The maximum atomic E-state index is 4.71. The summed E-state index contributed by atoms with van der Waals surface area (Å²) in [4.78, 5) is 9.07. The lowest BCUT2D eigenvalue weighted by atomic mass is 9.80. The average Bonchev–Trinajstić information content (AvgIpc) is 3.16. The summed E-state index contributed by atoms with van der Waals surface area (Å²) in [7, 11) is 0. The number of hydrogen-bond donors (Lipinski definition) is 0. The molecule has 0 fully saturated rings. The van der Waals surface area contributed by atoms with Crippen LogP contribution in [-0.2, 0) is 5.41 Å². The zero-order valence-corrected chi connectivity index (χ0v) is 15.4. The molecule has 3 aromatic heterocycles. The van der Waals surface area contributed by atoms with E-state index < -0.39 is 0 Å². The molecule has 124 valence electrons. The van der Waals surface area contributed by atoms with E-state index in [1.807, 2.05) is 29.9 Å². The van der Waals surface area contributed by atoms with Gasteiger partial charge < -0.3 is 0 Å². The molecule has 5 aromatic rings. The SMILES string of the molecule is CC1(C)c2cccnc2-c2ccc3sc4c5cnccc5ccc4c3c21. The summed E-state index contributed by atoms with van der Waals surface area (Å²) in [5.41, 5.74) is 5.11. The number of pyridine rings is 2. The Morgan fingerprint density at radius 3 is 2.77 bits per heavy atom. The third-order valence-electron chi connectivity index (χ3n) is 5.78. The van der Waals surface area contributed by atoms with Crippen molar-refractivity contribution in [1.29, 1.82) is 0 Å². The minimum absolute atomic E-state index is 0.0453. The van der Waals surface area contributed by atoms with Gasteiger partial charge in [-0.15, -0.1) is 11.3 Å². The largest absolute Gasteiger partial charge is 0.264 e. The van der Waals surface area contributed by atoms with Gasteiger partial charge in [-0.2, -0.15) is 0 Å². The summed E-state index contributed by atoms with van der Waals surface area (Å²) in [5, 5.41) is 5.21. The monoisotopic (exact) mass is 352 g/mol. The van der Waals surface area contributed by atoms with Gasteiger partial charge in [-0.25, -0.2) is 0 Å². The van der Waals surface area contributed by atoms with E-state index >= 15 is 0 Å². The van der Waals surface area contributed by atoms with Crippen molar-refractivity contribution in [2.45, 2.75) is 19.3 Å². The molecule has 0 radical (unpaired) electrons. The number of rotatable bonds is 0. The van der Waals surface area contributed by atoms with E-state index in [-0.39, 0.29) is 5.41 Å². The molecular weight excluding hydrogens is 336 g/mol. The third kappa shape index (κ3) is 1.62. The van der Waals surface area contributed by atoms with Crippen LogP contribution in [0.3, 0.4) is 0 Å². The topological polar surface area (TPSA) is 25.8 Å². The highest BCUT2D eigenvalue weighted by Crippen LogP contribution is 2.53. The van der Waals surface area contributed by atoms with Crippen LogP contribution >= 0.6 is 11.3 Å². The van der Waals surface area contributed by atoms with Gasteiger partial charge in [0.05, 0.1) is 5.69 Å². The number of thiophene rings is 1. The smallest absolute Gasteiger partial charge is 0.0746 e. The second-order valence-electron chi connectivity index (χ2n) is 7.53. The van der Waals surface area contributed by atoms with Crippen LogP contribution in [0.5, 0.6) is 0 Å². The van der Waals surface area contributed by atoms with E-state index in [2.05, 4.69) is 61.3 Å². The first kappa shape index (κ1) is 14.4. The van der Waals surface area contributed by atoms with Crippen LogP contribution in [0.15, 0.2) is 61.1 Å². The fraction of sp³-hybridized carbons (Fsp3) is 0.130. The Morgan fingerprint density at radius 1 is 0.923 bits per heavy atom. The molecule has 26 heavy (non-hydrogen) atoms. The molecule has 0 N–H and O–H groups in total. The molecule has 0 saturated carbocycles. The number of hydrogen-bond acceptors (Lipinski definition) is 3. The van der Waals surface area contributed by atoms with Crippen molar-refractivity contribution in [1.82, 2.24) is 9.97 Å². The molecule has 1 aliphatic rings. The molecular formula is C23H16N2S. The van der Waals surface area contributed by atoms with Crippen LogP contribution in [0.1, 0.15) is 25.0 Å². The Hall–Kier alpha value is -2.78. The molecule has 1 aliphatic carbocycles. The number of aromatic nitrogens is 2. The Kier molecular flexibility index (Phi) is 2.59. The van der Waals surface area contributed by atoms with Gasteiger partial charge in [-0.3, -0.25) is 9.97 Å². The zero-order valence-electron chi connectivity index (χ0n) is 14.6. The van der Waals surface area contributed by atoms with E-state index in [4.69, 9.17) is 4.98 Å². The Labute approximate surface area is 155 Å².